The molecule has 0 aliphatic carbocycles. The van der Waals surface area contributed by atoms with Crippen LogP contribution in [0.3, 0.4) is 0 Å². The molecule has 0 unspecified atom stereocenters. The summed E-state index contributed by atoms with van der Waals surface area (Å²) < 4.78 is 1.72. The zero-order valence-corrected chi connectivity index (χ0v) is 7.72. The van der Waals surface area contributed by atoms with Gasteiger partial charge in [0.2, 0.25) is 5.13 Å². The van der Waals surface area contributed by atoms with E-state index in [1.54, 1.807) is 10.9 Å². The van der Waals surface area contributed by atoms with E-state index < -0.39 is 0 Å². The molecule has 2 aromatic heterocycles. The monoisotopic (exact) mass is 199 g/mol. The van der Waals surface area contributed by atoms with E-state index in [-0.39, 0.29) is 0 Å². The van der Waals surface area contributed by atoms with E-state index in [2.05, 4.69) is 10.1 Å². The fourth-order valence-corrected chi connectivity index (χ4v) is 1.84. The number of nitrogens with zero attached hydrogens (tertiary/aromatic N) is 3. The van der Waals surface area contributed by atoms with Crippen molar-refractivity contribution in [2.75, 3.05) is 0 Å². The molecule has 3 nitrogen and oxygen atoms in total. The number of hydrogen-bond acceptors (Lipinski definition) is 3. The minimum Gasteiger partial charge on any atom is -0.222 e. The van der Waals surface area contributed by atoms with Gasteiger partial charge in [0.25, 0.3) is 0 Å². The second-order valence-electron chi connectivity index (χ2n) is 2.21. The Balaban J connectivity index is 2.35. The van der Waals surface area contributed by atoms with Crippen LogP contribution in [0.2, 0.25) is 0 Å². The van der Waals surface area contributed by atoms with Crippen molar-refractivity contribution in [1.29, 1.82) is 0 Å². The number of hydrogen-bond donors (Lipinski definition) is 0. The third kappa shape index (κ3) is 1.35. The predicted octanol–water partition coefficient (Wildman–Crippen LogP) is 2.07. The molecule has 0 aromatic carbocycles. The van der Waals surface area contributed by atoms with Gasteiger partial charge in [0.05, 0.1) is 11.6 Å². The zero-order valence-electron chi connectivity index (χ0n) is 6.14. The largest absolute Gasteiger partial charge is 0.222 e. The molecule has 0 bridgehead atoms. The first-order valence-electron chi connectivity index (χ1n) is 3.40. The van der Waals surface area contributed by atoms with Crippen molar-refractivity contribution in [3.8, 4) is 5.13 Å². The normalized spacial score (nSPS) is 10.4. The molecule has 0 amide bonds. The fourth-order valence-electron chi connectivity index (χ4n) is 0.845. The number of halogens is 1. The minimum absolute atomic E-state index is 0.456. The highest BCUT2D eigenvalue weighted by Gasteiger charge is 2.01. The van der Waals surface area contributed by atoms with Crippen LogP contribution in [0.4, 0.5) is 0 Å². The molecular weight excluding hydrogens is 194 g/mol. The van der Waals surface area contributed by atoms with Gasteiger partial charge in [-0.05, 0) is 6.07 Å². The van der Waals surface area contributed by atoms with Crippen LogP contribution in [0.15, 0.2) is 23.8 Å². The summed E-state index contributed by atoms with van der Waals surface area (Å²) in [6.07, 6.45) is 3.58. The number of rotatable bonds is 2. The molecule has 2 heterocycles. The van der Waals surface area contributed by atoms with E-state index in [4.69, 9.17) is 11.6 Å². The molecule has 0 saturated carbocycles. The molecule has 0 N–H and O–H groups in total. The number of thiazole rings is 1. The summed E-state index contributed by atoms with van der Waals surface area (Å²) in [5.41, 5.74) is 0.896. The van der Waals surface area contributed by atoms with Crippen LogP contribution in [-0.4, -0.2) is 14.8 Å². The lowest BCUT2D eigenvalue weighted by Gasteiger charge is -1.91. The Kier molecular flexibility index (Phi) is 2.10. The molecule has 0 saturated heterocycles. The van der Waals surface area contributed by atoms with E-state index in [0.717, 1.165) is 10.8 Å². The summed E-state index contributed by atoms with van der Waals surface area (Å²) in [7, 11) is 0. The second-order valence-corrected chi connectivity index (χ2v) is 3.31. The third-order valence-corrected chi connectivity index (χ3v) is 2.53. The first-order chi connectivity index (χ1) is 5.90. The molecule has 0 aliphatic rings. The Morgan fingerprint density at radius 1 is 1.58 bits per heavy atom. The van der Waals surface area contributed by atoms with Gasteiger partial charge in [0.1, 0.15) is 0 Å². The van der Waals surface area contributed by atoms with Crippen LogP contribution >= 0.6 is 22.9 Å². The van der Waals surface area contributed by atoms with Gasteiger partial charge >= 0.3 is 0 Å². The number of alkyl halides is 1. The quantitative estimate of drug-likeness (QED) is 0.694. The fraction of sp³-hybridized carbons (Fsp3) is 0.143. The smallest absolute Gasteiger partial charge is 0.210 e. The van der Waals surface area contributed by atoms with Crippen molar-refractivity contribution in [2.45, 2.75) is 5.88 Å². The Morgan fingerprint density at radius 2 is 2.50 bits per heavy atom. The van der Waals surface area contributed by atoms with Crippen molar-refractivity contribution < 1.29 is 0 Å². The van der Waals surface area contributed by atoms with Crippen LogP contribution in [0.1, 0.15) is 5.69 Å². The molecule has 62 valence electrons. The van der Waals surface area contributed by atoms with Crippen molar-refractivity contribution in [1.82, 2.24) is 14.8 Å². The van der Waals surface area contributed by atoms with E-state index in [9.17, 15) is 0 Å². The molecule has 0 aliphatic heterocycles. The van der Waals surface area contributed by atoms with Crippen LogP contribution in [0.5, 0.6) is 0 Å². The molecule has 2 aromatic rings. The lowest BCUT2D eigenvalue weighted by molar-refractivity contribution is 0.864. The van der Waals surface area contributed by atoms with Gasteiger partial charge in [-0.3, -0.25) is 0 Å². The van der Waals surface area contributed by atoms with Crippen LogP contribution < -0.4 is 0 Å². The van der Waals surface area contributed by atoms with Gasteiger partial charge in [-0.25, -0.2) is 9.67 Å². The molecule has 0 atom stereocenters. The molecule has 5 heteroatoms. The third-order valence-electron chi connectivity index (χ3n) is 1.38. The SMILES string of the molecule is ClCc1csc(-n2cccn2)n1. The molecular formula is C7H6ClN3S. The van der Waals surface area contributed by atoms with Crippen LogP contribution in [-0.2, 0) is 5.88 Å². The highest BCUT2D eigenvalue weighted by atomic mass is 35.5. The summed E-state index contributed by atoms with van der Waals surface area (Å²) in [5.74, 6) is 0.456. The Labute approximate surface area is 78.6 Å². The Bertz CT molecular complexity index is 354. The maximum Gasteiger partial charge on any atom is 0.210 e. The van der Waals surface area contributed by atoms with Gasteiger partial charge in [0, 0.05) is 17.8 Å². The summed E-state index contributed by atoms with van der Waals surface area (Å²) in [5, 5.41) is 6.85. The number of aromatic nitrogens is 3. The average molecular weight is 200 g/mol. The topological polar surface area (TPSA) is 30.7 Å². The van der Waals surface area contributed by atoms with Crippen molar-refractivity contribution in [3.05, 3.63) is 29.5 Å². The first kappa shape index (κ1) is 7.76. The van der Waals surface area contributed by atoms with Gasteiger partial charge in [-0.1, -0.05) is 0 Å². The van der Waals surface area contributed by atoms with E-state index in [1.165, 1.54) is 11.3 Å². The van der Waals surface area contributed by atoms with Crippen LogP contribution in [0.25, 0.3) is 5.13 Å². The molecule has 12 heavy (non-hydrogen) atoms. The summed E-state index contributed by atoms with van der Waals surface area (Å²) in [4.78, 5) is 4.26. The van der Waals surface area contributed by atoms with Gasteiger partial charge in [-0.2, -0.15) is 5.10 Å². The van der Waals surface area contributed by atoms with E-state index in [1.807, 2.05) is 17.6 Å². The van der Waals surface area contributed by atoms with Crippen molar-refractivity contribution in [2.24, 2.45) is 0 Å². The minimum atomic E-state index is 0.456. The van der Waals surface area contributed by atoms with Crippen LogP contribution in [0, 0.1) is 0 Å². The summed E-state index contributed by atoms with van der Waals surface area (Å²) in [6.45, 7) is 0. The van der Waals surface area contributed by atoms with E-state index >= 15 is 0 Å². The van der Waals surface area contributed by atoms with Gasteiger partial charge in [-0.15, -0.1) is 22.9 Å². The highest BCUT2D eigenvalue weighted by Crippen LogP contribution is 2.14. The maximum atomic E-state index is 5.62. The zero-order chi connectivity index (χ0) is 8.39. The first-order valence-corrected chi connectivity index (χ1v) is 4.82. The van der Waals surface area contributed by atoms with Gasteiger partial charge < -0.3 is 0 Å². The van der Waals surface area contributed by atoms with E-state index in [0.29, 0.717) is 5.88 Å². The van der Waals surface area contributed by atoms with Gasteiger partial charge in [0.15, 0.2) is 0 Å². The summed E-state index contributed by atoms with van der Waals surface area (Å²) in [6, 6.07) is 1.86. The lowest BCUT2D eigenvalue weighted by atomic mass is 10.6. The standard InChI is InChI=1S/C7H6ClN3S/c8-4-6-5-12-7(10-6)11-3-1-2-9-11/h1-3,5H,4H2. The molecule has 0 spiro atoms. The molecule has 0 fully saturated rings. The van der Waals surface area contributed by atoms with Crippen molar-refractivity contribution >= 4 is 22.9 Å². The Hall–Kier alpha value is -0.870. The molecule has 0 radical (unpaired) electrons. The maximum absolute atomic E-state index is 5.62. The summed E-state index contributed by atoms with van der Waals surface area (Å²) >= 11 is 7.15. The molecule has 2 rings (SSSR count). The Morgan fingerprint density at radius 3 is 3.08 bits per heavy atom. The second kappa shape index (κ2) is 3.25. The lowest BCUT2D eigenvalue weighted by Crippen LogP contribution is -1.92. The predicted molar refractivity (Wildman–Crippen MR) is 48.8 cm³/mol. The highest BCUT2D eigenvalue weighted by molar-refractivity contribution is 7.12. The van der Waals surface area contributed by atoms with Crippen molar-refractivity contribution in [3.63, 3.8) is 0 Å². The average Bonchev–Trinajstić information content (AvgIpc) is 2.75.